The summed E-state index contributed by atoms with van der Waals surface area (Å²) in [5.41, 5.74) is -0.316. The van der Waals surface area contributed by atoms with Gasteiger partial charge in [-0.15, -0.1) is 0 Å². The molecule has 0 radical (unpaired) electrons. The van der Waals surface area contributed by atoms with Gasteiger partial charge in [0.25, 0.3) is 17.4 Å². The molecule has 0 bridgehead atoms. The van der Waals surface area contributed by atoms with Gasteiger partial charge in [0, 0.05) is 0 Å². The Morgan fingerprint density at radius 2 is 1.49 bits per heavy atom. The van der Waals surface area contributed by atoms with E-state index in [2.05, 4.69) is 10.3 Å². The number of H-pyrrole nitrogens is 1. The average molecular weight is 607 g/mol. The highest BCUT2D eigenvalue weighted by atomic mass is 16.3. The monoisotopic (exact) mass is 606 g/mol. The van der Waals surface area contributed by atoms with E-state index in [0.29, 0.717) is 23.2 Å². The van der Waals surface area contributed by atoms with Crippen molar-refractivity contribution in [2.24, 2.45) is 17.8 Å². The van der Waals surface area contributed by atoms with Crippen LogP contribution < -0.4 is 21.5 Å². The normalized spacial score (nSPS) is 23.3. The van der Waals surface area contributed by atoms with Gasteiger partial charge in [0.2, 0.25) is 5.88 Å². The van der Waals surface area contributed by atoms with Gasteiger partial charge >= 0.3 is 11.7 Å². The van der Waals surface area contributed by atoms with Crippen molar-refractivity contribution in [2.45, 2.75) is 44.9 Å². The van der Waals surface area contributed by atoms with Crippen LogP contribution in [0.4, 0.5) is 10.5 Å². The first-order valence-electron chi connectivity index (χ1n) is 15.3. The first-order valence-corrected chi connectivity index (χ1v) is 15.3. The van der Waals surface area contributed by atoms with Crippen molar-refractivity contribution in [3.63, 3.8) is 0 Å². The molecule has 3 atom stereocenters. The highest BCUT2D eigenvalue weighted by Gasteiger charge is 2.37. The van der Waals surface area contributed by atoms with E-state index in [-0.39, 0.29) is 17.1 Å². The number of carbonyl (C=O) groups excluding carboxylic acids is 3. The van der Waals surface area contributed by atoms with Gasteiger partial charge in [-0.05, 0) is 79.0 Å². The van der Waals surface area contributed by atoms with Crippen molar-refractivity contribution in [1.29, 1.82) is 0 Å². The highest BCUT2D eigenvalue weighted by Crippen LogP contribution is 2.45. The molecule has 3 aromatic rings. The summed E-state index contributed by atoms with van der Waals surface area (Å²) in [6.45, 7) is 0. The molecule has 0 spiro atoms. The Morgan fingerprint density at radius 1 is 0.822 bits per heavy atom. The van der Waals surface area contributed by atoms with Crippen LogP contribution in [0.3, 0.4) is 0 Å². The number of nitrogens with zero attached hydrogens (tertiary/aromatic N) is 2. The number of aromatic nitrogens is 2. The van der Waals surface area contributed by atoms with Crippen LogP contribution >= 0.6 is 0 Å². The Bertz CT molecular complexity index is 1840. The lowest BCUT2D eigenvalue weighted by Crippen LogP contribution is -2.54. The predicted octanol–water partition coefficient (Wildman–Crippen LogP) is 4.99. The molecule has 45 heavy (non-hydrogen) atoms. The van der Waals surface area contributed by atoms with E-state index >= 15 is 0 Å². The molecule has 1 aromatic heterocycles. The molecule has 3 unspecified atom stereocenters. The molecule has 230 valence electrons. The Morgan fingerprint density at radius 3 is 2.20 bits per heavy atom. The summed E-state index contributed by atoms with van der Waals surface area (Å²) in [6, 6.07) is 16.0. The lowest BCUT2D eigenvalue weighted by atomic mass is 9.66. The molecular weight excluding hydrogens is 572 g/mol. The molecule has 3 fully saturated rings. The number of benzene rings is 2. The third-order valence-electron chi connectivity index (χ3n) is 9.15. The molecule has 2 saturated carbocycles. The number of nitrogens with one attached hydrogen (secondary N) is 2. The number of urea groups is 1. The fourth-order valence-corrected chi connectivity index (χ4v) is 6.86. The quantitative estimate of drug-likeness (QED) is 0.205. The van der Waals surface area contributed by atoms with Gasteiger partial charge in [-0.3, -0.25) is 24.7 Å². The maximum Gasteiger partial charge on any atom is 0.335 e. The number of carbonyl (C=O) groups is 3. The molecule has 2 aromatic carbocycles. The Kier molecular flexibility index (Phi) is 8.46. The largest absolute Gasteiger partial charge is 0.494 e. The molecule has 10 heteroatoms. The summed E-state index contributed by atoms with van der Waals surface area (Å²) >= 11 is 0. The minimum absolute atomic E-state index is 0.0762. The number of hydrogen-bond acceptors (Lipinski definition) is 6. The van der Waals surface area contributed by atoms with Gasteiger partial charge in [-0.1, -0.05) is 74.2 Å². The summed E-state index contributed by atoms with van der Waals surface area (Å²) in [6.07, 6.45) is 13.9. The van der Waals surface area contributed by atoms with E-state index in [9.17, 15) is 29.1 Å². The number of barbiturate groups is 1. The first kappa shape index (κ1) is 29.8. The Labute approximate surface area is 259 Å². The van der Waals surface area contributed by atoms with Crippen LogP contribution in [0.2, 0.25) is 0 Å². The first-order chi connectivity index (χ1) is 21.8. The van der Waals surface area contributed by atoms with Crippen LogP contribution in [-0.2, 0) is 9.59 Å². The maximum atomic E-state index is 13.4. The SMILES string of the molecule is O=C1NC(=O)N(c2ccccc2)C(=O)C1=CC=C(C=Cc1c(O)n(-c2ccccc2)c(=O)[nH]c1=O)C1CCC2CCCCC2C1. The van der Waals surface area contributed by atoms with Crippen LogP contribution in [0.25, 0.3) is 11.8 Å². The van der Waals surface area contributed by atoms with Crippen LogP contribution in [0.1, 0.15) is 50.5 Å². The summed E-state index contributed by atoms with van der Waals surface area (Å²) in [5, 5.41) is 13.3. The third-order valence-corrected chi connectivity index (χ3v) is 9.15. The maximum absolute atomic E-state index is 13.4. The predicted molar refractivity (Wildman–Crippen MR) is 170 cm³/mol. The summed E-state index contributed by atoms with van der Waals surface area (Å²) in [5.74, 6) is -0.724. The minimum atomic E-state index is -0.823. The highest BCUT2D eigenvalue weighted by molar-refractivity contribution is 6.37. The fourth-order valence-electron chi connectivity index (χ4n) is 6.86. The van der Waals surface area contributed by atoms with E-state index in [1.54, 1.807) is 72.8 Å². The second-order valence-corrected chi connectivity index (χ2v) is 11.8. The number of amides is 4. The second kappa shape index (κ2) is 12.8. The lowest BCUT2D eigenvalue weighted by molar-refractivity contribution is -0.122. The van der Waals surface area contributed by atoms with Gasteiger partial charge in [-0.2, -0.15) is 0 Å². The number of fused-ring (bicyclic) bond motifs is 1. The average Bonchev–Trinajstić information content (AvgIpc) is 3.04. The van der Waals surface area contributed by atoms with Crippen molar-refractivity contribution < 1.29 is 19.5 Å². The van der Waals surface area contributed by atoms with Crippen LogP contribution in [-0.4, -0.2) is 32.5 Å². The molecule has 3 N–H and O–H groups in total. The van der Waals surface area contributed by atoms with Crippen molar-refractivity contribution >= 4 is 29.6 Å². The van der Waals surface area contributed by atoms with Crippen LogP contribution in [0.15, 0.2) is 99.6 Å². The minimum Gasteiger partial charge on any atom is -0.494 e. The molecule has 2 heterocycles. The molecular formula is C35H34N4O6. The zero-order chi connectivity index (χ0) is 31.5. The topological polar surface area (TPSA) is 142 Å². The van der Waals surface area contributed by atoms with Crippen molar-refractivity contribution in [3.05, 3.63) is 116 Å². The molecule has 6 rings (SSSR count). The van der Waals surface area contributed by atoms with E-state index in [1.807, 2.05) is 0 Å². The summed E-state index contributed by atoms with van der Waals surface area (Å²) < 4.78 is 1.03. The number of imide groups is 2. The summed E-state index contributed by atoms with van der Waals surface area (Å²) in [4.78, 5) is 67.5. The van der Waals surface area contributed by atoms with Gasteiger partial charge < -0.3 is 5.11 Å². The third kappa shape index (κ3) is 6.08. The fraction of sp³-hybridized carbons (Fsp3) is 0.286. The number of aromatic amines is 1. The van der Waals surface area contributed by atoms with E-state index < -0.39 is 35.0 Å². The standard InChI is InChI=1S/C35H34N4O6/c40-30-28(32(42)38(34(44)36-30)26-11-3-1-4-12-26)19-17-23(25-16-15-22-9-7-8-10-24(22)21-25)18-20-29-31(41)37-35(45)39(33(29)43)27-13-5-2-6-14-27/h1-6,11-14,17-20,22,24-25,42H,7-10,15-16,21H2,(H,36,40,44)(H,37,41,45). The summed E-state index contributed by atoms with van der Waals surface area (Å²) in [7, 11) is 0. The van der Waals surface area contributed by atoms with Crippen molar-refractivity contribution in [2.75, 3.05) is 4.90 Å². The van der Waals surface area contributed by atoms with Gasteiger partial charge in [0.05, 0.1) is 11.4 Å². The van der Waals surface area contributed by atoms with E-state index in [4.69, 9.17) is 0 Å². The lowest BCUT2D eigenvalue weighted by Gasteiger charge is -2.39. The number of hydrogen-bond donors (Lipinski definition) is 3. The van der Waals surface area contributed by atoms with Gasteiger partial charge in [-0.25, -0.2) is 19.1 Å². The van der Waals surface area contributed by atoms with E-state index in [0.717, 1.165) is 40.7 Å². The molecule has 3 aliphatic rings. The molecule has 2 aliphatic carbocycles. The zero-order valence-corrected chi connectivity index (χ0v) is 24.6. The van der Waals surface area contributed by atoms with Gasteiger partial charge in [0.15, 0.2) is 0 Å². The number of aromatic hydroxyl groups is 1. The Hall–Kier alpha value is -5.25. The Balaban J connectivity index is 1.39. The van der Waals surface area contributed by atoms with Gasteiger partial charge in [0.1, 0.15) is 11.1 Å². The number of allylic oxidation sites excluding steroid dienone is 4. The van der Waals surface area contributed by atoms with Crippen LogP contribution in [0.5, 0.6) is 5.88 Å². The van der Waals surface area contributed by atoms with Crippen molar-refractivity contribution in [1.82, 2.24) is 14.9 Å². The smallest absolute Gasteiger partial charge is 0.335 e. The number of para-hydroxylation sites is 2. The number of anilines is 1. The zero-order valence-electron chi connectivity index (χ0n) is 24.6. The number of rotatable bonds is 6. The van der Waals surface area contributed by atoms with Crippen LogP contribution in [0, 0.1) is 17.8 Å². The second-order valence-electron chi connectivity index (χ2n) is 11.8. The molecule has 1 saturated heterocycles. The van der Waals surface area contributed by atoms with E-state index in [1.165, 1.54) is 31.4 Å². The van der Waals surface area contributed by atoms with Crippen molar-refractivity contribution in [3.8, 4) is 11.6 Å². The molecule has 1 aliphatic heterocycles. The molecule has 4 amide bonds. The molecule has 10 nitrogen and oxygen atoms in total.